The lowest BCUT2D eigenvalue weighted by molar-refractivity contribution is -0.120. The second-order valence-electron chi connectivity index (χ2n) is 6.18. The Kier molecular flexibility index (Phi) is 7.95. The van der Waals surface area contributed by atoms with Crippen molar-refractivity contribution in [2.45, 2.75) is 13.8 Å². The maximum Gasteiger partial charge on any atom is 0.265 e. The Morgan fingerprint density at radius 2 is 1.93 bits per heavy atom. The fourth-order valence-electron chi connectivity index (χ4n) is 2.06. The van der Waals surface area contributed by atoms with E-state index in [4.69, 9.17) is 25.9 Å². The van der Waals surface area contributed by atoms with Crippen molar-refractivity contribution in [3.05, 3.63) is 53.1 Å². The quantitative estimate of drug-likeness (QED) is 0.509. The van der Waals surface area contributed by atoms with Gasteiger partial charge in [-0.1, -0.05) is 30.6 Å². The molecule has 7 heteroatoms. The van der Waals surface area contributed by atoms with Crippen molar-refractivity contribution in [2.75, 3.05) is 25.6 Å². The Morgan fingerprint density at radius 1 is 1.19 bits per heavy atom. The molecule has 6 nitrogen and oxygen atoms in total. The summed E-state index contributed by atoms with van der Waals surface area (Å²) in [7, 11) is 1.58. The number of hydrogen-bond acceptors (Lipinski definition) is 5. The van der Waals surface area contributed by atoms with Gasteiger partial charge in [0.1, 0.15) is 0 Å². The minimum absolute atomic E-state index is 0.203. The van der Waals surface area contributed by atoms with E-state index in [1.165, 1.54) is 6.21 Å². The smallest absolute Gasteiger partial charge is 0.265 e. The predicted molar refractivity (Wildman–Crippen MR) is 107 cm³/mol. The van der Waals surface area contributed by atoms with Crippen LogP contribution in [0.1, 0.15) is 19.4 Å². The molecule has 0 atom stereocenters. The van der Waals surface area contributed by atoms with E-state index in [1.807, 2.05) is 12.1 Å². The summed E-state index contributed by atoms with van der Waals surface area (Å²) in [6, 6.07) is 12.2. The van der Waals surface area contributed by atoms with Crippen molar-refractivity contribution in [1.29, 1.82) is 0 Å². The molecule has 0 aromatic heterocycles. The van der Waals surface area contributed by atoms with Crippen LogP contribution >= 0.6 is 11.6 Å². The Labute approximate surface area is 164 Å². The van der Waals surface area contributed by atoms with Gasteiger partial charge in [0.15, 0.2) is 18.1 Å². The summed E-state index contributed by atoms with van der Waals surface area (Å²) in [5, 5.41) is 7.10. The molecule has 2 rings (SSSR count). The molecule has 0 heterocycles. The van der Waals surface area contributed by atoms with Gasteiger partial charge in [-0.2, -0.15) is 0 Å². The number of carbonyl (C=O) groups excluding carboxylic acids is 1. The standard InChI is InChI=1S/C20H23ClN2O4/c1-14(2)12-26-18-9-4-15(10-19(18)25-3)11-22-27-13-20(24)23-17-7-5-16(21)6-8-17/h4-11,14H,12-13H2,1-3H3,(H,23,24)/b22-11-. The van der Waals surface area contributed by atoms with Gasteiger partial charge < -0.3 is 19.6 Å². The Morgan fingerprint density at radius 3 is 2.59 bits per heavy atom. The second kappa shape index (κ2) is 10.4. The summed E-state index contributed by atoms with van der Waals surface area (Å²) in [6.07, 6.45) is 1.50. The van der Waals surface area contributed by atoms with Gasteiger partial charge in [0.2, 0.25) is 0 Å². The molecule has 144 valence electrons. The SMILES string of the molecule is COc1cc(/C=N\OCC(=O)Nc2ccc(Cl)cc2)ccc1OCC(C)C. The summed E-state index contributed by atoms with van der Waals surface area (Å²) in [5.74, 6) is 1.39. The van der Waals surface area contributed by atoms with Crippen LogP contribution in [0.3, 0.4) is 0 Å². The van der Waals surface area contributed by atoms with Gasteiger partial charge in [-0.15, -0.1) is 0 Å². The van der Waals surface area contributed by atoms with Crippen LogP contribution in [0.4, 0.5) is 5.69 Å². The van der Waals surface area contributed by atoms with Crippen molar-refractivity contribution in [2.24, 2.45) is 11.1 Å². The minimum atomic E-state index is -0.315. The number of benzene rings is 2. The van der Waals surface area contributed by atoms with Crippen LogP contribution in [-0.2, 0) is 9.63 Å². The van der Waals surface area contributed by atoms with Gasteiger partial charge in [0, 0.05) is 16.3 Å². The molecular formula is C20H23ClN2O4. The molecule has 1 N–H and O–H groups in total. The molecule has 0 radical (unpaired) electrons. The summed E-state index contributed by atoms with van der Waals surface area (Å²) in [5.41, 5.74) is 1.40. The molecule has 0 saturated carbocycles. The molecular weight excluding hydrogens is 368 g/mol. The van der Waals surface area contributed by atoms with Crippen LogP contribution in [0.5, 0.6) is 11.5 Å². The first-order valence-electron chi connectivity index (χ1n) is 8.49. The fraction of sp³-hybridized carbons (Fsp3) is 0.300. The zero-order chi connectivity index (χ0) is 19.6. The third-order valence-electron chi connectivity index (χ3n) is 3.36. The summed E-state index contributed by atoms with van der Waals surface area (Å²) < 4.78 is 11.0. The molecule has 0 aliphatic heterocycles. The molecule has 1 amide bonds. The van der Waals surface area contributed by atoms with Crippen LogP contribution in [0.15, 0.2) is 47.6 Å². The zero-order valence-corrected chi connectivity index (χ0v) is 16.3. The van der Waals surface area contributed by atoms with E-state index in [9.17, 15) is 4.79 Å². The van der Waals surface area contributed by atoms with Crippen LogP contribution in [0.2, 0.25) is 5.02 Å². The number of nitrogens with one attached hydrogen (secondary N) is 1. The normalized spacial score (nSPS) is 10.9. The van der Waals surface area contributed by atoms with E-state index in [2.05, 4.69) is 24.3 Å². The number of anilines is 1. The van der Waals surface area contributed by atoms with Crippen LogP contribution in [-0.4, -0.2) is 32.4 Å². The molecule has 0 spiro atoms. The maximum atomic E-state index is 11.8. The highest BCUT2D eigenvalue weighted by molar-refractivity contribution is 6.30. The van der Waals surface area contributed by atoms with Gasteiger partial charge in [-0.3, -0.25) is 4.79 Å². The van der Waals surface area contributed by atoms with Crippen molar-refractivity contribution in [3.8, 4) is 11.5 Å². The number of halogens is 1. The van der Waals surface area contributed by atoms with Crippen molar-refractivity contribution >= 4 is 29.4 Å². The number of rotatable bonds is 9. The molecule has 0 fully saturated rings. The molecule has 2 aromatic rings. The molecule has 0 aliphatic carbocycles. The summed E-state index contributed by atoms with van der Waals surface area (Å²) in [6.45, 7) is 4.56. The van der Waals surface area contributed by atoms with Crippen molar-refractivity contribution in [1.82, 2.24) is 0 Å². The monoisotopic (exact) mass is 390 g/mol. The molecule has 0 aliphatic rings. The van der Waals surface area contributed by atoms with Crippen molar-refractivity contribution in [3.63, 3.8) is 0 Å². The van der Waals surface area contributed by atoms with Crippen LogP contribution in [0.25, 0.3) is 0 Å². The Balaban J connectivity index is 1.84. The highest BCUT2D eigenvalue weighted by atomic mass is 35.5. The van der Waals surface area contributed by atoms with Crippen LogP contribution < -0.4 is 14.8 Å². The van der Waals surface area contributed by atoms with Gasteiger partial charge in [-0.05, 0) is 48.4 Å². The molecule has 0 saturated heterocycles. The van der Waals surface area contributed by atoms with E-state index in [0.29, 0.717) is 34.7 Å². The predicted octanol–water partition coefficient (Wildman–Crippen LogP) is 4.37. The molecule has 0 bridgehead atoms. The van der Waals surface area contributed by atoms with E-state index in [0.717, 1.165) is 5.56 Å². The summed E-state index contributed by atoms with van der Waals surface area (Å²) in [4.78, 5) is 16.8. The van der Waals surface area contributed by atoms with E-state index >= 15 is 0 Å². The fourth-order valence-corrected chi connectivity index (χ4v) is 2.19. The molecule has 27 heavy (non-hydrogen) atoms. The van der Waals surface area contributed by atoms with Gasteiger partial charge >= 0.3 is 0 Å². The first-order valence-corrected chi connectivity index (χ1v) is 8.87. The number of oxime groups is 1. The van der Waals surface area contributed by atoms with Gasteiger partial charge in [0.25, 0.3) is 5.91 Å². The van der Waals surface area contributed by atoms with E-state index in [1.54, 1.807) is 37.4 Å². The second-order valence-corrected chi connectivity index (χ2v) is 6.61. The first kappa shape index (κ1) is 20.6. The van der Waals surface area contributed by atoms with E-state index < -0.39 is 0 Å². The third-order valence-corrected chi connectivity index (χ3v) is 3.61. The molecule has 0 unspecified atom stereocenters. The molecule has 2 aromatic carbocycles. The number of methoxy groups -OCH3 is 1. The average molecular weight is 391 g/mol. The lowest BCUT2D eigenvalue weighted by atomic mass is 10.2. The maximum absolute atomic E-state index is 11.8. The van der Waals surface area contributed by atoms with Crippen LogP contribution in [0, 0.1) is 5.92 Å². The Bertz CT molecular complexity index is 776. The largest absolute Gasteiger partial charge is 0.493 e. The highest BCUT2D eigenvalue weighted by Crippen LogP contribution is 2.28. The number of ether oxygens (including phenoxy) is 2. The lowest BCUT2D eigenvalue weighted by Gasteiger charge is -2.12. The Hall–Kier alpha value is -2.73. The minimum Gasteiger partial charge on any atom is -0.493 e. The summed E-state index contributed by atoms with van der Waals surface area (Å²) >= 11 is 5.80. The van der Waals surface area contributed by atoms with Gasteiger partial charge in [0.05, 0.1) is 19.9 Å². The number of hydrogen-bond donors (Lipinski definition) is 1. The first-order chi connectivity index (χ1) is 13.0. The number of nitrogens with zero attached hydrogens (tertiary/aromatic N) is 1. The van der Waals surface area contributed by atoms with Crippen molar-refractivity contribution < 1.29 is 19.1 Å². The number of carbonyl (C=O) groups is 1. The highest BCUT2D eigenvalue weighted by Gasteiger charge is 2.06. The topological polar surface area (TPSA) is 69.2 Å². The third kappa shape index (κ3) is 7.19. The van der Waals surface area contributed by atoms with Gasteiger partial charge in [-0.25, -0.2) is 0 Å². The average Bonchev–Trinajstić information content (AvgIpc) is 2.65. The van der Waals surface area contributed by atoms with E-state index in [-0.39, 0.29) is 12.5 Å². The zero-order valence-electron chi connectivity index (χ0n) is 15.6. The lowest BCUT2D eigenvalue weighted by Crippen LogP contribution is -2.16. The number of amides is 1.